The number of carbonyl (C=O) groups is 2. The number of aryl methyl sites for hydroxylation is 2. The lowest BCUT2D eigenvalue weighted by atomic mass is 10.1. The van der Waals surface area contributed by atoms with Gasteiger partial charge in [0.05, 0.1) is 23.6 Å². The first kappa shape index (κ1) is 17.5. The number of aromatic nitrogens is 2. The molecule has 0 radical (unpaired) electrons. The van der Waals surface area contributed by atoms with Crippen molar-refractivity contribution in [2.45, 2.75) is 26.7 Å². The van der Waals surface area contributed by atoms with Gasteiger partial charge in [-0.15, -0.1) is 0 Å². The zero-order valence-electron chi connectivity index (χ0n) is 14.0. The number of benzene rings is 1. The molecule has 1 aromatic carbocycles. The van der Waals surface area contributed by atoms with Crippen molar-refractivity contribution in [1.82, 2.24) is 9.78 Å². The highest BCUT2D eigenvalue weighted by Gasteiger charge is 2.24. The van der Waals surface area contributed by atoms with Crippen molar-refractivity contribution in [2.24, 2.45) is 7.05 Å². The van der Waals surface area contributed by atoms with Crippen LogP contribution in [0, 0.1) is 0 Å². The molecule has 2 N–H and O–H groups in total. The number of rotatable bonds is 7. The van der Waals surface area contributed by atoms with Crippen LogP contribution in [-0.2, 0) is 13.5 Å². The molecule has 1 amide bonds. The van der Waals surface area contributed by atoms with Crippen molar-refractivity contribution in [3.05, 3.63) is 41.2 Å². The molecule has 2 rings (SSSR count). The summed E-state index contributed by atoms with van der Waals surface area (Å²) in [7, 11) is 1.55. The van der Waals surface area contributed by atoms with Gasteiger partial charge in [-0.3, -0.25) is 9.48 Å². The van der Waals surface area contributed by atoms with Crippen molar-refractivity contribution in [3.63, 3.8) is 0 Å². The number of ether oxygens (including phenoxy) is 1. The molecule has 0 fully saturated rings. The maximum absolute atomic E-state index is 12.6. The second-order valence-electron chi connectivity index (χ2n) is 5.23. The van der Waals surface area contributed by atoms with E-state index < -0.39 is 11.9 Å². The van der Waals surface area contributed by atoms with Crippen LogP contribution in [0.2, 0.25) is 0 Å². The Morgan fingerprint density at radius 2 is 2.00 bits per heavy atom. The number of carboxylic acids is 1. The van der Waals surface area contributed by atoms with E-state index in [9.17, 15) is 14.7 Å². The van der Waals surface area contributed by atoms with Crippen LogP contribution in [0.5, 0.6) is 5.75 Å². The highest BCUT2D eigenvalue weighted by Crippen LogP contribution is 2.25. The van der Waals surface area contributed by atoms with E-state index in [0.29, 0.717) is 30.0 Å². The van der Waals surface area contributed by atoms with Crippen LogP contribution in [0.15, 0.2) is 24.3 Å². The fraction of sp³-hybridized carbons (Fsp3) is 0.353. The zero-order valence-corrected chi connectivity index (χ0v) is 14.0. The summed E-state index contributed by atoms with van der Waals surface area (Å²) in [6.45, 7) is 4.22. The number of para-hydroxylation sites is 1. The van der Waals surface area contributed by atoms with Gasteiger partial charge in [0.15, 0.2) is 5.69 Å². The lowest BCUT2D eigenvalue weighted by molar-refractivity contribution is 0.0686. The average Bonchev–Trinajstić information content (AvgIpc) is 2.84. The fourth-order valence-corrected chi connectivity index (χ4v) is 2.48. The topological polar surface area (TPSA) is 93.5 Å². The molecule has 0 aliphatic carbocycles. The first-order chi connectivity index (χ1) is 11.5. The molecule has 0 aliphatic heterocycles. The molecular weight excluding hydrogens is 310 g/mol. The van der Waals surface area contributed by atoms with Crippen molar-refractivity contribution in [2.75, 3.05) is 11.9 Å². The fourth-order valence-electron chi connectivity index (χ4n) is 2.48. The number of anilines is 1. The average molecular weight is 331 g/mol. The normalized spacial score (nSPS) is 10.5. The minimum Gasteiger partial charge on any atom is -0.493 e. The summed E-state index contributed by atoms with van der Waals surface area (Å²) in [5.41, 5.74) is 1.10. The van der Waals surface area contributed by atoms with Gasteiger partial charge in [-0.2, -0.15) is 5.10 Å². The zero-order chi connectivity index (χ0) is 17.7. The molecule has 0 aliphatic rings. The molecule has 24 heavy (non-hydrogen) atoms. The highest BCUT2D eigenvalue weighted by molar-refractivity contribution is 6.09. The van der Waals surface area contributed by atoms with Gasteiger partial charge in [-0.1, -0.05) is 25.5 Å². The van der Waals surface area contributed by atoms with Crippen LogP contribution < -0.4 is 10.1 Å². The second-order valence-corrected chi connectivity index (χ2v) is 5.23. The van der Waals surface area contributed by atoms with Crippen LogP contribution >= 0.6 is 0 Å². The summed E-state index contributed by atoms with van der Waals surface area (Å²) >= 11 is 0. The summed E-state index contributed by atoms with van der Waals surface area (Å²) in [6.07, 6.45) is 1.36. The molecule has 0 saturated heterocycles. The van der Waals surface area contributed by atoms with Crippen LogP contribution in [-0.4, -0.2) is 33.4 Å². The molecule has 0 atom stereocenters. The van der Waals surface area contributed by atoms with Crippen molar-refractivity contribution < 1.29 is 19.4 Å². The predicted octanol–water partition coefficient (Wildman–Crippen LogP) is 2.72. The van der Waals surface area contributed by atoms with Crippen molar-refractivity contribution in [3.8, 4) is 5.75 Å². The van der Waals surface area contributed by atoms with Gasteiger partial charge in [0.2, 0.25) is 0 Å². The number of nitrogens with zero attached hydrogens (tertiary/aromatic N) is 2. The molecule has 0 unspecified atom stereocenters. The molecule has 1 heterocycles. The van der Waals surface area contributed by atoms with E-state index in [4.69, 9.17) is 4.74 Å². The van der Waals surface area contributed by atoms with E-state index in [-0.39, 0.29) is 11.4 Å². The maximum Gasteiger partial charge on any atom is 0.356 e. The van der Waals surface area contributed by atoms with E-state index in [1.54, 1.807) is 31.3 Å². The standard InChI is InChI=1S/C17H21N3O4/c1-4-8-12-14(15(17(22)23)20(3)19-12)18-16(21)11-9-6-7-10-13(11)24-5-2/h6-7,9-10H,4-5,8H2,1-3H3,(H,18,21)(H,22,23). The largest absolute Gasteiger partial charge is 0.493 e. The Hall–Kier alpha value is -2.83. The Kier molecular flexibility index (Phi) is 5.57. The second kappa shape index (κ2) is 7.63. The quantitative estimate of drug-likeness (QED) is 0.813. The summed E-state index contributed by atoms with van der Waals surface area (Å²) in [6, 6.07) is 6.84. The van der Waals surface area contributed by atoms with Crippen molar-refractivity contribution in [1.29, 1.82) is 0 Å². The SMILES string of the molecule is CCCc1nn(C)c(C(=O)O)c1NC(=O)c1ccccc1OCC. The van der Waals surface area contributed by atoms with E-state index in [1.165, 1.54) is 4.68 Å². The number of carboxylic acid groups (broad SMARTS) is 1. The monoisotopic (exact) mass is 331 g/mol. The van der Waals surface area contributed by atoms with E-state index in [2.05, 4.69) is 10.4 Å². The molecule has 128 valence electrons. The lowest BCUT2D eigenvalue weighted by Gasteiger charge is -2.11. The molecule has 2 aromatic rings. The van der Waals surface area contributed by atoms with Crippen molar-refractivity contribution >= 4 is 17.6 Å². The molecule has 0 bridgehead atoms. The summed E-state index contributed by atoms with van der Waals surface area (Å²) < 4.78 is 6.73. The smallest absolute Gasteiger partial charge is 0.356 e. The molecule has 0 spiro atoms. The highest BCUT2D eigenvalue weighted by atomic mass is 16.5. The van der Waals surface area contributed by atoms with Gasteiger partial charge in [0, 0.05) is 7.05 Å². The third-order valence-corrected chi connectivity index (χ3v) is 3.48. The number of hydrogen-bond donors (Lipinski definition) is 2. The number of hydrogen-bond acceptors (Lipinski definition) is 4. The third kappa shape index (κ3) is 3.56. The van der Waals surface area contributed by atoms with E-state index >= 15 is 0 Å². The number of amides is 1. The van der Waals surface area contributed by atoms with Crippen LogP contribution in [0.25, 0.3) is 0 Å². The Balaban J connectivity index is 2.40. The molecule has 1 aromatic heterocycles. The van der Waals surface area contributed by atoms with Gasteiger partial charge in [0.25, 0.3) is 5.91 Å². The Labute approximate surface area is 140 Å². The van der Waals surface area contributed by atoms with Gasteiger partial charge < -0.3 is 15.2 Å². The van der Waals surface area contributed by atoms with Crippen LogP contribution in [0.3, 0.4) is 0 Å². The Bertz CT molecular complexity index is 752. The molecule has 7 heteroatoms. The Morgan fingerprint density at radius 3 is 2.62 bits per heavy atom. The first-order valence-corrected chi connectivity index (χ1v) is 7.81. The molecule has 7 nitrogen and oxygen atoms in total. The minimum atomic E-state index is -1.14. The third-order valence-electron chi connectivity index (χ3n) is 3.48. The predicted molar refractivity (Wildman–Crippen MR) is 89.7 cm³/mol. The van der Waals surface area contributed by atoms with Crippen LogP contribution in [0.1, 0.15) is 46.8 Å². The first-order valence-electron chi connectivity index (χ1n) is 7.81. The summed E-state index contributed by atoms with van der Waals surface area (Å²) in [5.74, 6) is -1.11. The number of aromatic carboxylic acids is 1. The lowest BCUT2D eigenvalue weighted by Crippen LogP contribution is -2.17. The summed E-state index contributed by atoms with van der Waals surface area (Å²) in [5, 5.41) is 16.3. The number of nitrogens with one attached hydrogen (secondary N) is 1. The Morgan fingerprint density at radius 1 is 1.29 bits per heavy atom. The summed E-state index contributed by atoms with van der Waals surface area (Å²) in [4.78, 5) is 24.1. The molecular formula is C17H21N3O4. The van der Waals surface area contributed by atoms with Gasteiger partial charge >= 0.3 is 5.97 Å². The maximum atomic E-state index is 12.6. The minimum absolute atomic E-state index is 0.0410. The van der Waals surface area contributed by atoms with E-state index in [1.807, 2.05) is 13.8 Å². The van der Waals surface area contributed by atoms with Crippen LogP contribution in [0.4, 0.5) is 5.69 Å². The van der Waals surface area contributed by atoms with Gasteiger partial charge in [0.1, 0.15) is 5.75 Å². The van der Waals surface area contributed by atoms with Gasteiger partial charge in [-0.25, -0.2) is 4.79 Å². The molecule has 0 saturated carbocycles. The van der Waals surface area contributed by atoms with E-state index in [0.717, 1.165) is 6.42 Å². The number of carbonyl (C=O) groups excluding carboxylic acids is 1. The van der Waals surface area contributed by atoms with Gasteiger partial charge in [-0.05, 0) is 25.5 Å².